The number of nitrogens with zero attached hydrogens (tertiary/aromatic N) is 1. The summed E-state index contributed by atoms with van der Waals surface area (Å²) in [5, 5.41) is 0. The van der Waals surface area contributed by atoms with Crippen LogP contribution in [0, 0.1) is 0 Å². The monoisotopic (exact) mass is 293 g/mol. The third-order valence-corrected chi connectivity index (χ3v) is 4.16. The van der Waals surface area contributed by atoms with E-state index >= 15 is 0 Å². The van der Waals surface area contributed by atoms with E-state index in [4.69, 9.17) is 9.31 Å². The molecule has 0 amide bonds. The highest BCUT2D eigenvalue weighted by atomic mass is 19.1. The van der Waals surface area contributed by atoms with E-state index < -0.39 is 24.0 Å². The predicted octanol–water partition coefficient (Wildman–Crippen LogP) is 2.81. The van der Waals surface area contributed by atoms with Gasteiger partial charge in [0.25, 0.3) is 5.56 Å². The lowest BCUT2D eigenvalue weighted by atomic mass is 9.87. The van der Waals surface area contributed by atoms with E-state index in [0.717, 1.165) is 0 Å². The fourth-order valence-corrected chi connectivity index (χ4v) is 2.09. The molecular formula is C15H21BFNO3. The molecule has 0 aromatic carbocycles. The van der Waals surface area contributed by atoms with Crippen molar-refractivity contribution in [1.29, 1.82) is 0 Å². The van der Waals surface area contributed by atoms with Crippen LogP contribution in [0.4, 0.5) is 4.39 Å². The maximum Gasteiger partial charge on any atom is 0.525 e. The average molecular weight is 293 g/mol. The summed E-state index contributed by atoms with van der Waals surface area (Å²) < 4.78 is 27.1. The minimum Gasteiger partial charge on any atom is -0.398 e. The second-order valence-corrected chi connectivity index (χ2v) is 6.17. The fraction of sp³-hybridized carbons (Fsp3) is 0.533. The van der Waals surface area contributed by atoms with Gasteiger partial charge in [0.05, 0.1) is 11.2 Å². The second-order valence-electron chi connectivity index (χ2n) is 6.17. The molecule has 0 bridgehead atoms. The Morgan fingerprint density at radius 2 is 1.90 bits per heavy atom. The first-order valence-corrected chi connectivity index (χ1v) is 7.10. The second kappa shape index (κ2) is 5.42. The minimum atomic E-state index is -1.08. The molecule has 114 valence electrons. The molecule has 2 heterocycles. The van der Waals surface area contributed by atoms with Crippen molar-refractivity contribution in [1.82, 2.24) is 4.57 Å². The topological polar surface area (TPSA) is 40.5 Å². The van der Waals surface area contributed by atoms with Crippen LogP contribution in [0.5, 0.6) is 0 Å². The highest BCUT2D eigenvalue weighted by Gasteiger charge is 2.53. The van der Waals surface area contributed by atoms with Crippen molar-refractivity contribution in [2.45, 2.75) is 52.4 Å². The summed E-state index contributed by atoms with van der Waals surface area (Å²) in [7, 11) is -1.08. The predicted molar refractivity (Wildman–Crippen MR) is 81.5 cm³/mol. The summed E-state index contributed by atoms with van der Waals surface area (Å²) in [5.41, 5.74) is -1.76. The molecule has 0 aliphatic carbocycles. The van der Waals surface area contributed by atoms with Crippen LogP contribution in [-0.4, -0.2) is 22.9 Å². The Morgan fingerprint density at radius 1 is 1.33 bits per heavy atom. The highest BCUT2D eigenvalue weighted by Crippen LogP contribution is 2.38. The molecule has 0 saturated carbocycles. The Kier molecular flexibility index (Phi) is 4.13. The molecule has 0 radical (unpaired) electrons. The Balaban J connectivity index is 2.30. The molecule has 0 atom stereocenters. The van der Waals surface area contributed by atoms with Crippen molar-refractivity contribution in [3.05, 3.63) is 40.0 Å². The molecule has 1 aromatic heterocycles. The summed E-state index contributed by atoms with van der Waals surface area (Å²) in [6.45, 7) is 9.82. The zero-order valence-corrected chi connectivity index (χ0v) is 13.1. The number of aryl methyl sites for hydroxylation is 1. The van der Waals surface area contributed by atoms with Gasteiger partial charge in [0.1, 0.15) is 5.73 Å². The van der Waals surface area contributed by atoms with E-state index in [1.165, 1.54) is 10.6 Å². The van der Waals surface area contributed by atoms with Gasteiger partial charge in [-0.2, -0.15) is 0 Å². The van der Waals surface area contributed by atoms with Crippen molar-refractivity contribution in [3.8, 4) is 0 Å². The molecule has 6 heteroatoms. The molecule has 0 N–H and O–H groups in total. The van der Waals surface area contributed by atoms with Crippen molar-refractivity contribution < 1.29 is 13.7 Å². The maximum atomic E-state index is 14.4. The average Bonchev–Trinajstić information content (AvgIpc) is 2.61. The van der Waals surface area contributed by atoms with Gasteiger partial charge in [-0.05, 0) is 52.8 Å². The van der Waals surface area contributed by atoms with Gasteiger partial charge in [-0.1, -0.05) is 0 Å². The number of hydrogen-bond acceptors (Lipinski definition) is 3. The smallest absolute Gasteiger partial charge is 0.398 e. The van der Waals surface area contributed by atoms with E-state index in [0.29, 0.717) is 6.54 Å². The van der Waals surface area contributed by atoms with E-state index in [1.807, 2.05) is 34.6 Å². The lowest BCUT2D eigenvalue weighted by molar-refractivity contribution is 0.00578. The van der Waals surface area contributed by atoms with Crippen molar-refractivity contribution in [3.63, 3.8) is 0 Å². The summed E-state index contributed by atoms with van der Waals surface area (Å²) in [6.07, 6.45) is 2.86. The zero-order chi connectivity index (χ0) is 15.8. The van der Waals surface area contributed by atoms with E-state index in [9.17, 15) is 9.18 Å². The normalized spacial score (nSPS) is 20.9. The van der Waals surface area contributed by atoms with Crippen molar-refractivity contribution in [2.24, 2.45) is 0 Å². The van der Waals surface area contributed by atoms with Crippen LogP contribution >= 0.6 is 0 Å². The molecule has 1 fully saturated rings. The Hall–Kier alpha value is -1.40. The summed E-state index contributed by atoms with van der Waals surface area (Å²) in [4.78, 5) is 12.1. The molecule has 1 aromatic rings. The van der Waals surface area contributed by atoms with Gasteiger partial charge in [0, 0.05) is 18.3 Å². The van der Waals surface area contributed by atoms with Crippen LogP contribution in [0.3, 0.4) is 0 Å². The van der Waals surface area contributed by atoms with E-state index in [-0.39, 0.29) is 11.1 Å². The number of pyridine rings is 1. The number of aromatic nitrogens is 1. The molecule has 0 spiro atoms. The van der Waals surface area contributed by atoms with Gasteiger partial charge < -0.3 is 13.9 Å². The Morgan fingerprint density at radius 3 is 2.43 bits per heavy atom. The van der Waals surface area contributed by atoms with Gasteiger partial charge in [0.15, 0.2) is 0 Å². The quantitative estimate of drug-likeness (QED) is 0.805. The highest BCUT2D eigenvalue weighted by molar-refractivity contribution is 6.54. The molecule has 1 aliphatic rings. The third-order valence-electron chi connectivity index (χ3n) is 4.16. The lowest BCUT2D eigenvalue weighted by Crippen LogP contribution is -2.41. The first-order valence-electron chi connectivity index (χ1n) is 7.10. The van der Waals surface area contributed by atoms with Gasteiger partial charge >= 0.3 is 7.12 Å². The lowest BCUT2D eigenvalue weighted by Gasteiger charge is -2.32. The third kappa shape index (κ3) is 2.96. The van der Waals surface area contributed by atoms with Gasteiger partial charge in [-0.15, -0.1) is 0 Å². The minimum absolute atomic E-state index is 0.230. The number of halogens is 1. The van der Waals surface area contributed by atoms with E-state index in [2.05, 4.69) is 0 Å². The van der Waals surface area contributed by atoms with Gasteiger partial charge in [0.2, 0.25) is 0 Å². The largest absolute Gasteiger partial charge is 0.525 e. The first-order chi connectivity index (χ1) is 9.68. The molecule has 4 nitrogen and oxygen atoms in total. The Labute approximate surface area is 124 Å². The Bertz CT molecular complexity index is 606. The summed E-state index contributed by atoms with van der Waals surface area (Å²) in [6, 6.07) is 3.30. The molecule has 1 aliphatic heterocycles. The molecule has 2 rings (SSSR count). The van der Waals surface area contributed by atoms with Gasteiger partial charge in [-0.3, -0.25) is 4.79 Å². The van der Waals surface area contributed by atoms with Crippen molar-refractivity contribution in [2.75, 3.05) is 0 Å². The number of hydrogen-bond donors (Lipinski definition) is 0. The van der Waals surface area contributed by atoms with Crippen LogP contribution in [0.1, 0.15) is 40.2 Å². The molecule has 1 saturated heterocycles. The van der Waals surface area contributed by atoms with Gasteiger partial charge in [-0.25, -0.2) is 4.39 Å². The first kappa shape index (κ1) is 16.0. The van der Waals surface area contributed by atoms with Crippen LogP contribution in [0.25, 0.3) is 6.08 Å². The molecular weight excluding hydrogens is 272 g/mol. The fourth-order valence-electron chi connectivity index (χ4n) is 2.09. The zero-order valence-electron chi connectivity index (χ0n) is 13.1. The summed E-state index contributed by atoms with van der Waals surface area (Å²) >= 11 is 0. The maximum absolute atomic E-state index is 14.4. The van der Waals surface area contributed by atoms with Crippen LogP contribution in [0.2, 0.25) is 0 Å². The van der Waals surface area contributed by atoms with Crippen LogP contribution < -0.4 is 5.56 Å². The number of rotatable bonds is 3. The SMILES string of the molecule is CCn1cccc(C=C(F)B2OC(C)(C)C(C)(C)O2)c1=O. The van der Waals surface area contributed by atoms with Crippen LogP contribution in [0.15, 0.2) is 28.9 Å². The molecule has 0 unspecified atom stereocenters. The van der Waals surface area contributed by atoms with Crippen LogP contribution in [-0.2, 0) is 15.9 Å². The summed E-state index contributed by atoms with van der Waals surface area (Å²) in [5.74, 6) is 0. The molecule has 21 heavy (non-hydrogen) atoms. The van der Waals surface area contributed by atoms with E-state index in [1.54, 1.807) is 18.3 Å². The standard InChI is InChI=1S/C15H21BFNO3/c1-6-18-9-7-8-11(13(18)19)10-12(17)16-20-14(2,3)15(4,5)21-16/h7-10H,6H2,1-5H3. The van der Waals surface area contributed by atoms with Crippen molar-refractivity contribution >= 4 is 13.2 Å².